The zero-order valence-corrected chi connectivity index (χ0v) is 16.1. The smallest absolute Gasteiger partial charge is 0.230 e. The molecule has 5 nitrogen and oxygen atoms in total. The fraction of sp³-hybridized carbons (Fsp3) is 0.263. The van der Waals surface area contributed by atoms with Gasteiger partial charge in [-0.25, -0.2) is 13.4 Å². The van der Waals surface area contributed by atoms with E-state index >= 15 is 0 Å². The van der Waals surface area contributed by atoms with Gasteiger partial charge in [-0.3, -0.25) is 4.79 Å². The Bertz CT molecular complexity index is 1090. The van der Waals surface area contributed by atoms with Crippen LogP contribution in [0, 0.1) is 5.95 Å². The third-order valence-corrected chi connectivity index (χ3v) is 5.41. The molecule has 1 aromatic carbocycles. The normalized spacial score (nSPS) is 11.8. The van der Waals surface area contributed by atoms with Gasteiger partial charge in [0, 0.05) is 39.7 Å². The summed E-state index contributed by atoms with van der Waals surface area (Å²) in [7, 11) is -3.04. The highest BCUT2D eigenvalue weighted by Crippen LogP contribution is 2.31. The van der Waals surface area contributed by atoms with Crippen molar-refractivity contribution in [3.8, 4) is 0 Å². The van der Waals surface area contributed by atoms with Crippen molar-refractivity contribution in [1.29, 1.82) is 0 Å². The molecule has 2 heterocycles. The molecule has 3 aromatic rings. The van der Waals surface area contributed by atoms with Gasteiger partial charge in [0.25, 0.3) is 0 Å². The number of pyridine rings is 1. The first-order valence-corrected chi connectivity index (χ1v) is 10.7. The molecule has 0 aliphatic carbocycles. The van der Waals surface area contributed by atoms with Crippen LogP contribution in [-0.2, 0) is 16.3 Å². The Balaban J connectivity index is 1.95. The number of nitrogens with zero attached hydrogens (tertiary/aromatic N) is 1. The van der Waals surface area contributed by atoms with Gasteiger partial charge in [-0.05, 0) is 49.6 Å². The molecule has 0 saturated carbocycles. The number of carbonyl (C=O) groups excluding carboxylic acids is 1. The van der Waals surface area contributed by atoms with E-state index in [4.69, 9.17) is 16.0 Å². The van der Waals surface area contributed by atoms with Crippen molar-refractivity contribution in [2.24, 2.45) is 0 Å². The molecule has 0 aliphatic heterocycles. The molecule has 0 spiro atoms. The van der Waals surface area contributed by atoms with E-state index in [9.17, 15) is 17.6 Å². The number of fused-ring (bicyclic) bond motifs is 1. The Morgan fingerprint density at radius 1 is 1.22 bits per heavy atom. The lowest BCUT2D eigenvalue weighted by molar-refractivity contribution is 0.101. The van der Waals surface area contributed by atoms with E-state index in [1.165, 1.54) is 12.3 Å². The van der Waals surface area contributed by atoms with Crippen LogP contribution in [0.25, 0.3) is 11.0 Å². The van der Waals surface area contributed by atoms with Crippen molar-refractivity contribution in [3.63, 3.8) is 0 Å². The van der Waals surface area contributed by atoms with E-state index in [-0.39, 0.29) is 17.1 Å². The maximum Gasteiger partial charge on any atom is 0.230 e. The van der Waals surface area contributed by atoms with Crippen LogP contribution in [0.3, 0.4) is 0 Å². The van der Waals surface area contributed by atoms with Gasteiger partial charge < -0.3 is 4.42 Å². The van der Waals surface area contributed by atoms with Gasteiger partial charge in [0.2, 0.25) is 11.7 Å². The molecule has 0 radical (unpaired) electrons. The predicted molar refractivity (Wildman–Crippen MR) is 102 cm³/mol. The second-order valence-corrected chi connectivity index (χ2v) is 9.03. The first kappa shape index (κ1) is 19.5. The van der Waals surface area contributed by atoms with Crippen molar-refractivity contribution < 1.29 is 22.0 Å². The van der Waals surface area contributed by atoms with Crippen molar-refractivity contribution in [1.82, 2.24) is 4.98 Å². The second-order valence-electron chi connectivity index (χ2n) is 6.34. The summed E-state index contributed by atoms with van der Waals surface area (Å²) in [5.41, 5.74) is 1.38. The largest absolute Gasteiger partial charge is 0.452 e. The lowest BCUT2D eigenvalue weighted by Gasteiger charge is -2.04. The number of ketones is 1. The minimum absolute atomic E-state index is 0.0781. The van der Waals surface area contributed by atoms with E-state index in [2.05, 4.69) is 4.98 Å². The van der Waals surface area contributed by atoms with Gasteiger partial charge in [0.15, 0.2) is 5.76 Å². The minimum atomic E-state index is -3.04. The molecule has 0 unspecified atom stereocenters. The molecule has 0 N–H and O–H groups in total. The summed E-state index contributed by atoms with van der Waals surface area (Å²) in [4.78, 5) is 16.3. The van der Waals surface area contributed by atoms with Gasteiger partial charge in [-0.1, -0.05) is 11.6 Å². The first-order valence-electron chi connectivity index (χ1n) is 8.29. The summed E-state index contributed by atoms with van der Waals surface area (Å²) in [6, 6.07) is 7.51. The summed E-state index contributed by atoms with van der Waals surface area (Å²) in [6.45, 7) is 0. The van der Waals surface area contributed by atoms with Crippen molar-refractivity contribution in [2.45, 2.75) is 19.3 Å². The number of hydrogen-bond donors (Lipinski definition) is 0. The molecule has 2 aromatic heterocycles. The van der Waals surface area contributed by atoms with Crippen LogP contribution in [0.15, 0.2) is 40.9 Å². The van der Waals surface area contributed by atoms with Crippen LogP contribution in [0.4, 0.5) is 4.39 Å². The van der Waals surface area contributed by atoms with Gasteiger partial charge in [-0.15, -0.1) is 0 Å². The number of benzene rings is 1. The number of aromatic nitrogens is 1. The highest BCUT2D eigenvalue weighted by atomic mass is 35.5. The number of unbranched alkanes of at least 4 members (excludes halogenated alkanes) is 1. The van der Waals surface area contributed by atoms with Gasteiger partial charge in [-0.2, -0.15) is 4.39 Å². The Morgan fingerprint density at radius 3 is 2.67 bits per heavy atom. The zero-order valence-electron chi connectivity index (χ0n) is 14.5. The highest BCUT2D eigenvalue weighted by Gasteiger charge is 2.22. The van der Waals surface area contributed by atoms with Crippen LogP contribution >= 0.6 is 11.6 Å². The summed E-state index contributed by atoms with van der Waals surface area (Å²) in [5.74, 6) is -0.869. The molecule has 27 heavy (non-hydrogen) atoms. The molecular formula is C19H17ClFNO4S. The second kappa shape index (κ2) is 7.78. The molecule has 8 heteroatoms. The van der Waals surface area contributed by atoms with Crippen molar-refractivity contribution in [3.05, 3.63) is 64.4 Å². The average Bonchev–Trinajstić information content (AvgIpc) is 2.96. The topological polar surface area (TPSA) is 77.2 Å². The molecule has 0 atom stereocenters. The summed E-state index contributed by atoms with van der Waals surface area (Å²) in [6.07, 6.45) is 3.84. The number of carbonyl (C=O) groups is 1. The molecule has 0 bridgehead atoms. The molecule has 0 fully saturated rings. The molecular weight excluding hydrogens is 393 g/mol. The quantitative estimate of drug-likeness (QED) is 0.331. The maximum atomic E-state index is 13.0. The summed E-state index contributed by atoms with van der Waals surface area (Å²) in [5, 5.41) is 1.21. The van der Waals surface area contributed by atoms with Crippen LogP contribution < -0.4 is 0 Å². The third kappa shape index (κ3) is 4.73. The van der Waals surface area contributed by atoms with Gasteiger partial charge >= 0.3 is 0 Å². The predicted octanol–water partition coefficient (Wildman–Crippen LogP) is 4.22. The standard InChI is InChI=1S/C19H17ClFNO4S/c1-27(24,25)9-3-2-4-14-15-10-13(20)6-7-16(15)26-19(14)18(23)12-5-8-17(21)22-11-12/h5-8,10-11H,2-4,9H2,1H3. The Labute approximate surface area is 161 Å². The van der Waals surface area contributed by atoms with Crippen LogP contribution in [0.2, 0.25) is 5.02 Å². The van der Waals surface area contributed by atoms with Crippen molar-refractivity contribution in [2.75, 3.05) is 12.0 Å². The highest BCUT2D eigenvalue weighted by molar-refractivity contribution is 7.90. The number of sulfone groups is 1. The maximum absolute atomic E-state index is 13.0. The van der Waals surface area contributed by atoms with Crippen molar-refractivity contribution >= 4 is 38.2 Å². The number of furan rings is 1. The zero-order chi connectivity index (χ0) is 19.6. The number of hydrogen-bond acceptors (Lipinski definition) is 5. The van der Waals surface area contributed by atoms with Gasteiger partial charge in [0.1, 0.15) is 15.4 Å². The lowest BCUT2D eigenvalue weighted by Crippen LogP contribution is -2.06. The third-order valence-electron chi connectivity index (χ3n) is 4.14. The molecule has 3 rings (SSSR count). The Morgan fingerprint density at radius 2 is 2.00 bits per heavy atom. The van der Waals surface area contributed by atoms with E-state index in [1.54, 1.807) is 18.2 Å². The van der Waals surface area contributed by atoms with Crippen LogP contribution in [0.5, 0.6) is 0 Å². The summed E-state index contributed by atoms with van der Waals surface area (Å²) >= 11 is 6.08. The first-order chi connectivity index (χ1) is 12.7. The minimum Gasteiger partial charge on any atom is -0.452 e. The van der Waals surface area contributed by atoms with E-state index in [0.29, 0.717) is 40.8 Å². The Hall–Kier alpha value is -2.25. The van der Waals surface area contributed by atoms with Gasteiger partial charge in [0.05, 0.1) is 0 Å². The molecule has 0 amide bonds. The molecule has 0 aliphatic rings. The van der Waals surface area contributed by atoms with E-state index < -0.39 is 21.6 Å². The fourth-order valence-corrected chi connectivity index (χ4v) is 3.76. The molecule has 142 valence electrons. The number of halogens is 2. The summed E-state index contributed by atoms with van der Waals surface area (Å²) < 4.78 is 41.4. The monoisotopic (exact) mass is 409 g/mol. The number of aryl methyl sites for hydroxylation is 1. The SMILES string of the molecule is CS(=O)(=O)CCCCc1c(C(=O)c2ccc(F)nc2)oc2ccc(Cl)cc12. The fourth-order valence-electron chi connectivity index (χ4n) is 2.86. The van der Waals surface area contributed by atoms with E-state index in [0.717, 1.165) is 12.3 Å². The lowest BCUT2D eigenvalue weighted by atomic mass is 10.0. The van der Waals surface area contributed by atoms with E-state index in [1.807, 2.05) is 0 Å². The van der Waals surface area contributed by atoms with Crippen LogP contribution in [0.1, 0.15) is 34.5 Å². The molecule has 0 saturated heterocycles. The number of rotatable bonds is 7. The van der Waals surface area contributed by atoms with Crippen LogP contribution in [-0.4, -0.2) is 31.2 Å². The Kier molecular flexibility index (Phi) is 5.62. The average molecular weight is 410 g/mol.